The van der Waals surface area contributed by atoms with Gasteiger partial charge in [0.1, 0.15) is 0 Å². The molecule has 1 N–H and O–H groups in total. The molecule has 1 amide bonds. The third-order valence-electron chi connectivity index (χ3n) is 4.12. The van der Waals surface area contributed by atoms with Gasteiger partial charge < -0.3 is 10.0 Å². The molecule has 1 aromatic carbocycles. The number of aromatic nitrogens is 2. The van der Waals surface area contributed by atoms with Crippen molar-refractivity contribution in [3.63, 3.8) is 0 Å². The smallest absolute Gasteiger partial charge is 0.308 e. The summed E-state index contributed by atoms with van der Waals surface area (Å²) in [6.45, 7) is 2.57. The number of amides is 1. The molecule has 0 aliphatic carbocycles. The molecular weight excluding hydrogens is 398 g/mol. The van der Waals surface area contributed by atoms with Crippen LogP contribution in [-0.4, -0.2) is 44.8 Å². The molecule has 6 nitrogen and oxygen atoms in total. The van der Waals surface area contributed by atoms with Crippen molar-refractivity contribution in [1.29, 1.82) is 0 Å². The van der Waals surface area contributed by atoms with Crippen molar-refractivity contribution >= 4 is 40.2 Å². The number of rotatable bonds is 3. The minimum Gasteiger partial charge on any atom is -0.481 e. The quantitative estimate of drug-likeness (QED) is 0.838. The molecule has 2 aromatic rings. The summed E-state index contributed by atoms with van der Waals surface area (Å²) >= 11 is 3.42. The summed E-state index contributed by atoms with van der Waals surface area (Å²) in [5.74, 6) is -1.48. The van der Waals surface area contributed by atoms with Crippen LogP contribution in [0.2, 0.25) is 0 Å². The fourth-order valence-electron chi connectivity index (χ4n) is 2.80. The Kier molecular flexibility index (Phi) is 5.66. The maximum absolute atomic E-state index is 12.6. The van der Waals surface area contributed by atoms with Crippen LogP contribution in [0.25, 0.3) is 5.69 Å². The van der Waals surface area contributed by atoms with Gasteiger partial charge in [-0.25, -0.2) is 4.68 Å². The molecule has 1 aliphatic rings. The Morgan fingerprint density at radius 3 is 2.75 bits per heavy atom. The van der Waals surface area contributed by atoms with Gasteiger partial charge in [-0.2, -0.15) is 5.10 Å². The molecule has 1 unspecified atom stereocenters. The first kappa shape index (κ1) is 18.5. The molecule has 0 radical (unpaired) electrons. The summed E-state index contributed by atoms with van der Waals surface area (Å²) in [6, 6.07) is 7.66. The highest BCUT2D eigenvalue weighted by atomic mass is 79.9. The molecule has 1 aliphatic heterocycles. The van der Waals surface area contributed by atoms with Crippen molar-refractivity contribution in [3.8, 4) is 5.69 Å². The van der Waals surface area contributed by atoms with E-state index in [1.54, 1.807) is 15.8 Å². The van der Waals surface area contributed by atoms with Crippen LogP contribution in [-0.2, 0) is 4.79 Å². The molecular formula is C16H17BrClN3O3. The van der Waals surface area contributed by atoms with Crippen LogP contribution in [0, 0.1) is 12.8 Å². The minimum absolute atomic E-state index is 0. The molecule has 1 fully saturated rings. The van der Waals surface area contributed by atoms with Gasteiger partial charge in [0.15, 0.2) is 0 Å². The highest BCUT2D eigenvalue weighted by Crippen LogP contribution is 2.22. The Morgan fingerprint density at radius 1 is 1.38 bits per heavy atom. The van der Waals surface area contributed by atoms with E-state index in [0.29, 0.717) is 18.5 Å². The first-order valence-corrected chi connectivity index (χ1v) is 8.09. The van der Waals surface area contributed by atoms with Crippen LogP contribution in [0.4, 0.5) is 0 Å². The number of carboxylic acid groups (broad SMARTS) is 1. The Morgan fingerprint density at radius 2 is 2.12 bits per heavy atom. The van der Waals surface area contributed by atoms with E-state index in [4.69, 9.17) is 5.11 Å². The van der Waals surface area contributed by atoms with Gasteiger partial charge in [-0.1, -0.05) is 22.0 Å². The summed E-state index contributed by atoms with van der Waals surface area (Å²) in [7, 11) is 0. The van der Waals surface area contributed by atoms with Crippen molar-refractivity contribution in [2.24, 2.45) is 5.92 Å². The zero-order chi connectivity index (χ0) is 16.6. The van der Waals surface area contributed by atoms with Crippen LogP contribution in [0.15, 0.2) is 34.9 Å². The molecule has 0 saturated carbocycles. The number of hydrogen-bond acceptors (Lipinski definition) is 3. The number of halogens is 2. The van der Waals surface area contributed by atoms with Gasteiger partial charge in [0.05, 0.1) is 29.1 Å². The highest BCUT2D eigenvalue weighted by molar-refractivity contribution is 9.10. The van der Waals surface area contributed by atoms with E-state index in [9.17, 15) is 9.59 Å². The van der Waals surface area contributed by atoms with E-state index >= 15 is 0 Å². The predicted octanol–water partition coefficient (Wildman–Crippen LogP) is 2.91. The van der Waals surface area contributed by atoms with Crippen LogP contribution in [0.3, 0.4) is 0 Å². The third kappa shape index (κ3) is 3.47. The Hall–Kier alpha value is -1.86. The molecule has 2 heterocycles. The van der Waals surface area contributed by atoms with Crippen molar-refractivity contribution in [2.45, 2.75) is 13.3 Å². The van der Waals surface area contributed by atoms with Gasteiger partial charge >= 0.3 is 5.97 Å². The van der Waals surface area contributed by atoms with Crippen molar-refractivity contribution < 1.29 is 14.7 Å². The molecule has 8 heteroatoms. The van der Waals surface area contributed by atoms with Crippen molar-refractivity contribution in [3.05, 3.63) is 46.2 Å². The van der Waals surface area contributed by atoms with Gasteiger partial charge in [-0.15, -0.1) is 12.4 Å². The van der Waals surface area contributed by atoms with E-state index < -0.39 is 11.9 Å². The summed E-state index contributed by atoms with van der Waals surface area (Å²) in [4.78, 5) is 25.2. The lowest BCUT2D eigenvalue weighted by atomic mass is 10.1. The second-order valence-corrected chi connectivity index (χ2v) is 6.53. The zero-order valence-electron chi connectivity index (χ0n) is 13.0. The standard InChI is InChI=1S/C16H16BrN3O3.ClH/c1-10-14(15(21)19-6-5-11(9-19)16(22)23)8-18-20(10)13-4-2-3-12(17)7-13;/h2-4,7-8,11H,5-6,9H2,1H3,(H,22,23);1H. The average molecular weight is 415 g/mol. The zero-order valence-corrected chi connectivity index (χ0v) is 15.4. The average Bonchev–Trinajstić information content (AvgIpc) is 3.13. The molecule has 0 bridgehead atoms. The lowest BCUT2D eigenvalue weighted by molar-refractivity contribution is -0.141. The molecule has 128 valence electrons. The first-order chi connectivity index (χ1) is 11.0. The number of carbonyl (C=O) groups is 2. The van der Waals surface area contributed by atoms with Crippen molar-refractivity contribution in [2.75, 3.05) is 13.1 Å². The SMILES string of the molecule is Cc1c(C(=O)N2CCC(C(=O)O)C2)cnn1-c1cccc(Br)c1.Cl. The molecule has 1 aromatic heterocycles. The lowest BCUT2D eigenvalue weighted by Crippen LogP contribution is -2.30. The Balaban J connectivity index is 0.00000208. The number of likely N-dealkylation sites (tertiary alicyclic amines) is 1. The van der Waals surface area contributed by atoms with Crippen molar-refractivity contribution in [1.82, 2.24) is 14.7 Å². The topological polar surface area (TPSA) is 75.4 Å². The van der Waals surface area contributed by atoms with Crippen LogP contribution in [0.5, 0.6) is 0 Å². The predicted molar refractivity (Wildman–Crippen MR) is 94.9 cm³/mol. The van der Waals surface area contributed by atoms with Gasteiger partial charge in [0.25, 0.3) is 5.91 Å². The summed E-state index contributed by atoms with van der Waals surface area (Å²) < 4.78 is 2.64. The number of aliphatic carboxylic acids is 1. The molecule has 3 rings (SSSR count). The number of carboxylic acids is 1. The summed E-state index contributed by atoms with van der Waals surface area (Å²) in [5, 5.41) is 13.4. The number of benzene rings is 1. The van der Waals surface area contributed by atoms with E-state index in [1.807, 2.05) is 31.2 Å². The molecule has 24 heavy (non-hydrogen) atoms. The minimum atomic E-state index is -0.846. The second-order valence-electron chi connectivity index (χ2n) is 5.61. The fourth-order valence-corrected chi connectivity index (χ4v) is 3.19. The van der Waals surface area contributed by atoms with Crippen LogP contribution >= 0.6 is 28.3 Å². The fraction of sp³-hybridized carbons (Fsp3) is 0.312. The molecule has 1 atom stereocenters. The Labute approximate surface area is 154 Å². The van der Waals surface area contributed by atoms with Gasteiger partial charge in [-0.3, -0.25) is 9.59 Å². The third-order valence-corrected chi connectivity index (χ3v) is 4.61. The van der Waals surface area contributed by atoms with E-state index in [-0.39, 0.29) is 24.9 Å². The monoisotopic (exact) mass is 413 g/mol. The summed E-state index contributed by atoms with van der Waals surface area (Å²) in [5.41, 5.74) is 2.11. The maximum Gasteiger partial charge on any atom is 0.308 e. The van der Waals surface area contributed by atoms with Gasteiger partial charge in [-0.05, 0) is 31.5 Å². The highest BCUT2D eigenvalue weighted by Gasteiger charge is 2.32. The van der Waals surface area contributed by atoms with Crippen LogP contribution in [0.1, 0.15) is 22.5 Å². The van der Waals surface area contributed by atoms with Crippen LogP contribution < -0.4 is 0 Å². The number of carbonyl (C=O) groups excluding carboxylic acids is 1. The molecule has 1 saturated heterocycles. The Bertz CT molecular complexity index is 778. The van der Waals surface area contributed by atoms with E-state index in [2.05, 4.69) is 21.0 Å². The van der Waals surface area contributed by atoms with Gasteiger partial charge in [0.2, 0.25) is 0 Å². The lowest BCUT2D eigenvalue weighted by Gasteiger charge is -2.15. The maximum atomic E-state index is 12.6. The van der Waals surface area contributed by atoms with E-state index in [0.717, 1.165) is 15.9 Å². The number of nitrogens with zero attached hydrogens (tertiary/aromatic N) is 3. The first-order valence-electron chi connectivity index (χ1n) is 7.30. The molecule has 0 spiro atoms. The summed E-state index contributed by atoms with van der Waals surface area (Å²) in [6.07, 6.45) is 2.05. The normalized spacial score (nSPS) is 16.8. The number of hydrogen-bond donors (Lipinski definition) is 1. The van der Waals surface area contributed by atoms with E-state index in [1.165, 1.54) is 0 Å². The van der Waals surface area contributed by atoms with Gasteiger partial charge in [0, 0.05) is 17.6 Å². The second kappa shape index (κ2) is 7.36. The largest absolute Gasteiger partial charge is 0.481 e.